The van der Waals surface area contributed by atoms with Gasteiger partial charge in [-0.05, 0) is 13.3 Å². The molecule has 10 heteroatoms. The van der Waals surface area contributed by atoms with Gasteiger partial charge in [-0.2, -0.15) is 0 Å². The highest BCUT2D eigenvalue weighted by molar-refractivity contribution is 4.94. The second-order valence-electron chi connectivity index (χ2n) is 6.37. The highest BCUT2D eigenvalue weighted by atomic mass is 16.7. The largest absolute Gasteiger partial charge is 0.394 e. The number of ether oxygens (including phenoxy) is 4. The first kappa shape index (κ1) is 20.9. The molecular weight excluding hydrogens is 340 g/mol. The lowest BCUT2D eigenvalue weighted by Crippen LogP contribution is -2.61. The SMILES string of the molecule is CCCO[C@@H]1O[C@H](CO)[C@@H](O)[C@H](O[C@H]2O[C@H](C(C)O)[C@@H](O)[C@@H]2O)[C@H]1O. The molecule has 10 nitrogen and oxygen atoms in total. The minimum atomic E-state index is -1.48. The summed E-state index contributed by atoms with van der Waals surface area (Å²) in [5.41, 5.74) is 0. The molecule has 10 atom stereocenters. The van der Waals surface area contributed by atoms with Gasteiger partial charge in [-0.15, -0.1) is 0 Å². The number of hydrogen-bond donors (Lipinski definition) is 6. The Kier molecular flexibility index (Phi) is 7.52. The van der Waals surface area contributed by atoms with Crippen LogP contribution in [0.25, 0.3) is 0 Å². The number of aliphatic hydroxyl groups is 6. The molecule has 0 aliphatic carbocycles. The third-order valence-corrected chi connectivity index (χ3v) is 4.33. The number of hydrogen-bond acceptors (Lipinski definition) is 10. The topological polar surface area (TPSA) is 158 Å². The normalized spacial score (nSPS) is 46.3. The second kappa shape index (κ2) is 9.00. The van der Waals surface area contributed by atoms with Crippen LogP contribution in [0.2, 0.25) is 0 Å². The Morgan fingerprint density at radius 3 is 2.16 bits per heavy atom. The van der Waals surface area contributed by atoms with E-state index in [0.717, 1.165) is 0 Å². The molecule has 2 aliphatic rings. The Hall–Kier alpha value is -0.400. The Labute approximate surface area is 145 Å². The van der Waals surface area contributed by atoms with Crippen molar-refractivity contribution in [1.82, 2.24) is 0 Å². The summed E-state index contributed by atoms with van der Waals surface area (Å²) in [6.07, 6.45) is -12.1. The van der Waals surface area contributed by atoms with Crippen LogP contribution in [0.15, 0.2) is 0 Å². The molecule has 25 heavy (non-hydrogen) atoms. The molecule has 2 fully saturated rings. The quantitative estimate of drug-likeness (QED) is 0.275. The predicted octanol–water partition coefficient (Wildman–Crippen LogP) is -2.94. The van der Waals surface area contributed by atoms with Crippen molar-refractivity contribution in [2.75, 3.05) is 13.2 Å². The molecule has 148 valence electrons. The van der Waals surface area contributed by atoms with Crippen molar-refractivity contribution in [2.24, 2.45) is 0 Å². The van der Waals surface area contributed by atoms with E-state index in [0.29, 0.717) is 6.42 Å². The van der Waals surface area contributed by atoms with Crippen LogP contribution in [0.3, 0.4) is 0 Å². The van der Waals surface area contributed by atoms with E-state index in [1.165, 1.54) is 6.92 Å². The van der Waals surface area contributed by atoms with Gasteiger partial charge < -0.3 is 49.6 Å². The molecular formula is C15H28O10. The Morgan fingerprint density at radius 1 is 0.960 bits per heavy atom. The zero-order chi connectivity index (χ0) is 18.7. The summed E-state index contributed by atoms with van der Waals surface area (Å²) in [7, 11) is 0. The van der Waals surface area contributed by atoms with Crippen molar-refractivity contribution in [3.8, 4) is 0 Å². The first-order chi connectivity index (χ1) is 11.8. The average Bonchev–Trinajstić information content (AvgIpc) is 2.86. The molecule has 0 aromatic rings. The third kappa shape index (κ3) is 4.48. The van der Waals surface area contributed by atoms with Gasteiger partial charge in [0.25, 0.3) is 0 Å². The zero-order valence-corrected chi connectivity index (χ0v) is 14.2. The minimum absolute atomic E-state index is 0.286. The van der Waals surface area contributed by atoms with Gasteiger partial charge >= 0.3 is 0 Å². The van der Waals surface area contributed by atoms with Crippen molar-refractivity contribution in [1.29, 1.82) is 0 Å². The third-order valence-electron chi connectivity index (χ3n) is 4.33. The molecule has 6 N–H and O–H groups in total. The lowest BCUT2D eigenvalue weighted by molar-refractivity contribution is -0.331. The van der Waals surface area contributed by atoms with E-state index in [1.54, 1.807) is 0 Å². The van der Waals surface area contributed by atoms with Crippen molar-refractivity contribution < 1.29 is 49.6 Å². The average molecular weight is 368 g/mol. The summed E-state index contributed by atoms with van der Waals surface area (Å²) in [5, 5.41) is 59.4. The molecule has 2 heterocycles. The summed E-state index contributed by atoms with van der Waals surface area (Å²) in [6.45, 7) is 3.00. The Balaban J connectivity index is 2.09. The van der Waals surface area contributed by atoms with Crippen LogP contribution >= 0.6 is 0 Å². The first-order valence-corrected chi connectivity index (χ1v) is 8.41. The van der Waals surface area contributed by atoms with Crippen LogP contribution in [-0.4, -0.2) is 105 Å². The maximum Gasteiger partial charge on any atom is 0.187 e. The highest BCUT2D eigenvalue weighted by Gasteiger charge is 2.51. The lowest BCUT2D eigenvalue weighted by Gasteiger charge is -2.42. The summed E-state index contributed by atoms with van der Waals surface area (Å²) in [5.74, 6) is 0. The molecule has 0 spiro atoms. The number of rotatable bonds is 7. The van der Waals surface area contributed by atoms with Crippen LogP contribution in [0.4, 0.5) is 0 Å². The van der Waals surface area contributed by atoms with Gasteiger partial charge in [0.15, 0.2) is 12.6 Å². The fraction of sp³-hybridized carbons (Fsp3) is 1.00. The minimum Gasteiger partial charge on any atom is -0.394 e. The first-order valence-electron chi connectivity index (χ1n) is 8.41. The van der Waals surface area contributed by atoms with E-state index in [-0.39, 0.29) is 6.61 Å². The molecule has 0 bridgehead atoms. The van der Waals surface area contributed by atoms with Crippen LogP contribution in [0.5, 0.6) is 0 Å². The van der Waals surface area contributed by atoms with Gasteiger partial charge in [-0.3, -0.25) is 0 Å². The number of aliphatic hydroxyl groups excluding tert-OH is 6. The highest BCUT2D eigenvalue weighted by Crippen LogP contribution is 2.30. The molecule has 0 radical (unpaired) electrons. The van der Waals surface area contributed by atoms with Gasteiger partial charge in [0.1, 0.15) is 42.7 Å². The predicted molar refractivity (Wildman–Crippen MR) is 81.2 cm³/mol. The summed E-state index contributed by atoms with van der Waals surface area (Å²) >= 11 is 0. The van der Waals surface area contributed by atoms with Gasteiger partial charge in [0.2, 0.25) is 0 Å². The van der Waals surface area contributed by atoms with E-state index in [9.17, 15) is 30.6 Å². The molecule has 0 aromatic heterocycles. The molecule has 0 aromatic carbocycles. The molecule has 2 saturated heterocycles. The summed E-state index contributed by atoms with van der Waals surface area (Å²) in [4.78, 5) is 0. The van der Waals surface area contributed by atoms with E-state index in [4.69, 9.17) is 18.9 Å². The maximum absolute atomic E-state index is 10.4. The van der Waals surface area contributed by atoms with Crippen LogP contribution in [0.1, 0.15) is 20.3 Å². The van der Waals surface area contributed by atoms with E-state index in [2.05, 4.69) is 0 Å². The Morgan fingerprint density at radius 2 is 1.64 bits per heavy atom. The molecule has 0 saturated carbocycles. The molecule has 2 aliphatic heterocycles. The molecule has 2 rings (SSSR count). The van der Waals surface area contributed by atoms with Gasteiger partial charge in [0.05, 0.1) is 12.7 Å². The van der Waals surface area contributed by atoms with Crippen LogP contribution in [0, 0.1) is 0 Å². The van der Waals surface area contributed by atoms with E-state index >= 15 is 0 Å². The fourth-order valence-corrected chi connectivity index (χ4v) is 2.92. The summed E-state index contributed by atoms with van der Waals surface area (Å²) in [6, 6.07) is 0. The van der Waals surface area contributed by atoms with Crippen molar-refractivity contribution >= 4 is 0 Å². The van der Waals surface area contributed by atoms with E-state index in [1.807, 2.05) is 6.92 Å². The maximum atomic E-state index is 10.4. The standard InChI is InChI=1S/C15H28O10/c1-3-4-22-14-11(21)13(8(18)7(5-16)23-14)25-15-10(20)9(19)12(24-15)6(2)17/h6-21H,3-5H2,1-2H3/t6?,7-,8-,9+,10+,11-,12-,13+,14-,15-/m1/s1. The smallest absolute Gasteiger partial charge is 0.187 e. The zero-order valence-electron chi connectivity index (χ0n) is 14.2. The summed E-state index contributed by atoms with van der Waals surface area (Å²) < 4.78 is 21.4. The van der Waals surface area contributed by atoms with Gasteiger partial charge in [0, 0.05) is 6.61 Å². The van der Waals surface area contributed by atoms with Crippen LogP contribution < -0.4 is 0 Å². The molecule has 0 amide bonds. The molecule has 1 unspecified atom stereocenters. The van der Waals surface area contributed by atoms with Crippen molar-refractivity contribution in [2.45, 2.75) is 81.7 Å². The monoisotopic (exact) mass is 368 g/mol. The van der Waals surface area contributed by atoms with Gasteiger partial charge in [-0.1, -0.05) is 6.92 Å². The van der Waals surface area contributed by atoms with Crippen molar-refractivity contribution in [3.05, 3.63) is 0 Å². The second-order valence-corrected chi connectivity index (χ2v) is 6.37. The Bertz CT molecular complexity index is 408. The van der Waals surface area contributed by atoms with Crippen LogP contribution in [-0.2, 0) is 18.9 Å². The fourth-order valence-electron chi connectivity index (χ4n) is 2.92. The van der Waals surface area contributed by atoms with Gasteiger partial charge in [-0.25, -0.2) is 0 Å². The van der Waals surface area contributed by atoms with Crippen molar-refractivity contribution in [3.63, 3.8) is 0 Å². The lowest BCUT2D eigenvalue weighted by atomic mass is 9.98. The van der Waals surface area contributed by atoms with E-state index < -0.39 is 68.0 Å².